The van der Waals surface area contributed by atoms with Crippen LogP contribution in [0.1, 0.15) is 33.3 Å². The molecule has 1 rings (SSSR count). The summed E-state index contributed by atoms with van der Waals surface area (Å²) in [6.07, 6.45) is 0. The van der Waals surface area contributed by atoms with Crippen LogP contribution >= 0.6 is 15.9 Å². The van der Waals surface area contributed by atoms with Crippen LogP contribution in [-0.2, 0) is 0 Å². The van der Waals surface area contributed by atoms with Crippen molar-refractivity contribution in [2.75, 3.05) is 13.2 Å². The van der Waals surface area contributed by atoms with Gasteiger partial charge in [-0.3, -0.25) is 4.90 Å². The summed E-state index contributed by atoms with van der Waals surface area (Å²) in [5.74, 6) is -0.354. The molecule has 20 heavy (non-hydrogen) atoms. The highest BCUT2D eigenvalue weighted by Gasteiger charge is 2.15. The minimum absolute atomic E-state index is 0.155. The second-order valence-electron chi connectivity index (χ2n) is 5.12. The maximum absolute atomic E-state index is 14.0. The van der Waals surface area contributed by atoms with E-state index in [2.05, 4.69) is 48.5 Å². The summed E-state index contributed by atoms with van der Waals surface area (Å²) in [5, 5.41) is 8.81. The fourth-order valence-corrected chi connectivity index (χ4v) is 2.52. The number of benzene rings is 1. The van der Waals surface area contributed by atoms with Crippen molar-refractivity contribution >= 4 is 15.9 Å². The summed E-state index contributed by atoms with van der Waals surface area (Å²) in [6, 6.07) is 5.78. The first-order chi connectivity index (χ1) is 9.38. The van der Waals surface area contributed by atoms with Crippen molar-refractivity contribution in [3.8, 4) is 11.8 Å². The van der Waals surface area contributed by atoms with Crippen LogP contribution in [0.4, 0.5) is 4.39 Å². The lowest BCUT2D eigenvalue weighted by Gasteiger charge is -2.30. The summed E-state index contributed by atoms with van der Waals surface area (Å²) in [7, 11) is 0. The van der Waals surface area contributed by atoms with Gasteiger partial charge in [-0.05, 0) is 55.8 Å². The Bertz CT molecular complexity index is 489. The number of rotatable bonds is 6. The Morgan fingerprint density at radius 1 is 1.30 bits per heavy atom. The number of nitriles is 1. The fourth-order valence-electron chi connectivity index (χ4n) is 2.10. The van der Waals surface area contributed by atoms with Gasteiger partial charge in [0.15, 0.2) is 11.6 Å². The summed E-state index contributed by atoms with van der Waals surface area (Å²) in [4.78, 5) is 2.27. The number of hydrogen-bond donors (Lipinski definition) is 0. The summed E-state index contributed by atoms with van der Waals surface area (Å²) in [6.45, 7) is 9.63. The predicted molar refractivity (Wildman–Crippen MR) is 81.3 cm³/mol. The normalized spacial score (nSPS) is 11.2. The third-order valence-corrected chi connectivity index (χ3v) is 3.88. The van der Waals surface area contributed by atoms with Gasteiger partial charge in [-0.2, -0.15) is 5.26 Å². The van der Waals surface area contributed by atoms with E-state index in [0.29, 0.717) is 18.7 Å². The molecular formula is C15H20BrFN2O. The Kier molecular flexibility index (Phi) is 6.44. The van der Waals surface area contributed by atoms with Crippen LogP contribution in [-0.4, -0.2) is 30.1 Å². The monoisotopic (exact) mass is 342 g/mol. The second kappa shape index (κ2) is 7.61. The molecule has 0 aliphatic rings. The number of halogens is 2. The fraction of sp³-hybridized carbons (Fsp3) is 0.533. The Morgan fingerprint density at radius 2 is 1.90 bits per heavy atom. The molecule has 0 heterocycles. The largest absolute Gasteiger partial charge is 0.489 e. The molecule has 0 saturated heterocycles. The van der Waals surface area contributed by atoms with Crippen molar-refractivity contribution in [1.82, 2.24) is 4.90 Å². The van der Waals surface area contributed by atoms with Crippen molar-refractivity contribution in [1.29, 1.82) is 5.26 Å². The maximum Gasteiger partial charge on any atom is 0.180 e. The van der Waals surface area contributed by atoms with Gasteiger partial charge in [0.2, 0.25) is 0 Å². The Labute approximate surface area is 128 Å². The summed E-state index contributed by atoms with van der Waals surface area (Å²) >= 11 is 3.07. The van der Waals surface area contributed by atoms with Crippen LogP contribution in [0.3, 0.4) is 0 Å². The average Bonchev–Trinajstić information content (AvgIpc) is 2.38. The topological polar surface area (TPSA) is 36.3 Å². The average molecular weight is 343 g/mol. The maximum atomic E-state index is 14.0. The molecule has 0 radical (unpaired) electrons. The first-order valence-corrected chi connectivity index (χ1v) is 7.44. The molecular weight excluding hydrogens is 323 g/mol. The van der Waals surface area contributed by atoms with Crippen molar-refractivity contribution < 1.29 is 9.13 Å². The van der Waals surface area contributed by atoms with Gasteiger partial charge >= 0.3 is 0 Å². The molecule has 0 fully saturated rings. The molecule has 0 spiro atoms. The van der Waals surface area contributed by atoms with Crippen molar-refractivity contribution in [2.24, 2.45) is 0 Å². The van der Waals surface area contributed by atoms with Crippen LogP contribution in [0.25, 0.3) is 0 Å². The molecule has 0 unspecified atom stereocenters. The van der Waals surface area contributed by atoms with Crippen molar-refractivity contribution in [3.63, 3.8) is 0 Å². The molecule has 1 aromatic carbocycles. The summed E-state index contributed by atoms with van der Waals surface area (Å²) < 4.78 is 19.6. The van der Waals surface area contributed by atoms with Gasteiger partial charge < -0.3 is 4.74 Å². The molecule has 0 atom stereocenters. The van der Waals surface area contributed by atoms with Crippen LogP contribution in [0.5, 0.6) is 5.75 Å². The lowest BCUT2D eigenvalue weighted by Crippen LogP contribution is -2.39. The van der Waals surface area contributed by atoms with Gasteiger partial charge in [0.25, 0.3) is 0 Å². The number of nitrogens with zero attached hydrogens (tertiary/aromatic N) is 2. The molecule has 1 aromatic rings. The van der Waals surface area contributed by atoms with Crippen molar-refractivity contribution in [3.05, 3.63) is 28.0 Å². The van der Waals surface area contributed by atoms with Crippen LogP contribution < -0.4 is 4.74 Å². The quantitative estimate of drug-likeness (QED) is 0.785. The van der Waals surface area contributed by atoms with E-state index in [1.807, 2.05) is 6.07 Å². The second-order valence-corrected chi connectivity index (χ2v) is 5.92. The molecule has 3 nitrogen and oxygen atoms in total. The van der Waals surface area contributed by atoms with Gasteiger partial charge in [0.1, 0.15) is 12.7 Å². The molecule has 0 saturated carbocycles. The lowest BCUT2D eigenvalue weighted by atomic mass is 10.2. The first-order valence-electron chi connectivity index (χ1n) is 6.65. The van der Waals surface area contributed by atoms with E-state index in [0.717, 1.165) is 6.54 Å². The van der Waals surface area contributed by atoms with Gasteiger partial charge in [-0.25, -0.2) is 4.39 Å². The van der Waals surface area contributed by atoms with E-state index in [-0.39, 0.29) is 15.8 Å². The van der Waals surface area contributed by atoms with E-state index in [9.17, 15) is 4.39 Å². The molecule has 5 heteroatoms. The SMILES string of the molecule is CC(C)N(CCOc1ccc(C#N)c(Br)c1F)C(C)C. The van der Waals surface area contributed by atoms with Gasteiger partial charge in [-0.15, -0.1) is 0 Å². The molecule has 0 aliphatic heterocycles. The van der Waals surface area contributed by atoms with Crippen LogP contribution in [0.15, 0.2) is 16.6 Å². The number of ether oxygens (including phenoxy) is 1. The third kappa shape index (κ3) is 4.19. The van der Waals surface area contributed by atoms with Crippen molar-refractivity contribution in [2.45, 2.75) is 39.8 Å². The standard InChI is InChI=1S/C15H20BrFN2O/c1-10(2)19(11(3)4)7-8-20-13-6-5-12(9-18)14(16)15(13)17/h5-6,10-11H,7-8H2,1-4H3. The van der Waals surface area contributed by atoms with E-state index < -0.39 is 5.82 Å². The van der Waals surface area contributed by atoms with Crippen LogP contribution in [0.2, 0.25) is 0 Å². The zero-order valence-electron chi connectivity index (χ0n) is 12.3. The minimum atomic E-state index is -0.523. The van der Waals surface area contributed by atoms with E-state index >= 15 is 0 Å². The Morgan fingerprint density at radius 3 is 2.40 bits per heavy atom. The molecule has 110 valence electrons. The zero-order chi connectivity index (χ0) is 15.3. The Balaban J connectivity index is 2.68. The number of hydrogen-bond acceptors (Lipinski definition) is 3. The molecule has 0 aromatic heterocycles. The van der Waals surface area contributed by atoms with E-state index in [4.69, 9.17) is 10.00 Å². The van der Waals surface area contributed by atoms with Crippen LogP contribution in [0, 0.1) is 17.1 Å². The summed E-state index contributed by atoms with van der Waals surface area (Å²) in [5.41, 5.74) is 0.265. The molecule has 0 amide bonds. The molecule has 0 bridgehead atoms. The highest BCUT2D eigenvalue weighted by atomic mass is 79.9. The predicted octanol–water partition coefficient (Wildman–Crippen LogP) is 3.96. The van der Waals surface area contributed by atoms with E-state index in [1.165, 1.54) is 6.07 Å². The highest BCUT2D eigenvalue weighted by molar-refractivity contribution is 9.10. The van der Waals surface area contributed by atoms with E-state index in [1.54, 1.807) is 6.07 Å². The third-order valence-electron chi connectivity index (χ3n) is 3.10. The molecule has 0 N–H and O–H groups in total. The highest BCUT2D eigenvalue weighted by Crippen LogP contribution is 2.28. The zero-order valence-corrected chi connectivity index (χ0v) is 13.9. The minimum Gasteiger partial charge on any atom is -0.489 e. The van der Waals surface area contributed by atoms with Gasteiger partial charge in [0.05, 0.1) is 10.0 Å². The Hall–Kier alpha value is -1.12. The smallest absolute Gasteiger partial charge is 0.180 e. The van der Waals surface area contributed by atoms with Gasteiger partial charge in [0, 0.05) is 18.6 Å². The van der Waals surface area contributed by atoms with Gasteiger partial charge in [-0.1, -0.05) is 0 Å². The lowest BCUT2D eigenvalue weighted by molar-refractivity contribution is 0.140. The molecule has 0 aliphatic carbocycles. The first kappa shape index (κ1) is 16.9.